The van der Waals surface area contributed by atoms with Gasteiger partial charge in [-0.2, -0.15) is 11.8 Å². The van der Waals surface area contributed by atoms with Crippen molar-refractivity contribution in [2.75, 3.05) is 64.4 Å². The molecule has 4 aliphatic rings. The third-order valence-electron chi connectivity index (χ3n) is 12.2. The standard InChI is InChI=1S/C44H58FN7O7S/c45-35-24-33(59-27-29-15-22-58-23-16-29)25-37-42(35)44(57)49-38(48-37)28-60-34-13-18-51(19-14-34)26-40(54)46-17-3-1-2-4-41(55)52-20-11-31(12-21-52)30-5-7-32(8-6-30)47-36-9-10-39(53)50-43(36)56/h5-8,24-25,29,31,34,36,47H,1-4,9-23,26-28H2,(H,46,54)(H,48,49,57)(H,50,53,56). The molecule has 4 amide bonds. The largest absolute Gasteiger partial charge is 0.493 e. The van der Waals surface area contributed by atoms with Gasteiger partial charge in [0, 0.05) is 68.8 Å². The fourth-order valence-corrected chi connectivity index (χ4v) is 9.60. The Hall–Kier alpha value is -4.54. The number of unbranched alkanes of at least 4 members (excludes halogenated alkanes) is 2. The Balaban J connectivity index is 0.727. The zero-order valence-corrected chi connectivity index (χ0v) is 35.1. The summed E-state index contributed by atoms with van der Waals surface area (Å²) in [7, 11) is 0. The van der Waals surface area contributed by atoms with Gasteiger partial charge in [-0.05, 0) is 100 Å². The van der Waals surface area contributed by atoms with Crippen LogP contribution in [0.4, 0.5) is 10.1 Å². The van der Waals surface area contributed by atoms with Gasteiger partial charge in [-0.1, -0.05) is 18.6 Å². The predicted octanol–water partition coefficient (Wildman–Crippen LogP) is 4.87. The van der Waals surface area contributed by atoms with Gasteiger partial charge in [-0.15, -0.1) is 0 Å². The van der Waals surface area contributed by atoms with Crippen LogP contribution < -0.4 is 26.2 Å². The van der Waals surface area contributed by atoms with E-state index in [1.54, 1.807) is 17.8 Å². The lowest BCUT2D eigenvalue weighted by Crippen LogP contribution is -2.47. The number of aromatic amines is 1. The van der Waals surface area contributed by atoms with Gasteiger partial charge < -0.3 is 30.0 Å². The molecule has 0 radical (unpaired) electrons. The number of nitrogens with one attached hydrogen (secondary N) is 4. The fraction of sp³-hybridized carbons (Fsp3) is 0.591. The van der Waals surface area contributed by atoms with E-state index in [4.69, 9.17) is 9.47 Å². The lowest BCUT2D eigenvalue weighted by Gasteiger charge is -2.32. The van der Waals surface area contributed by atoms with Crippen LogP contribution in [0.3, 0.4) is 0 Å². The number of hydrogen-bond acceptors (Lipinski definition) is 11. The molecular weight excluding hydrogens is 790 g/mol. The van der Waals surface area contributed by atoms with Crippen LogP contribution in [0.5, 0.6) is 5.75 Å². The van der Waals surface area contributed by atoms with Gasteiger partial charge >= 0.3 is 0 Å². The minimum atomic E-state index is -0.639. The summed E-state index contributed by atoms with van der Waals surface area (Å²) in [6, 6.07) is 10.6. The van der Waals surface area contributed by atoms with Crippen molar-refractivity contribution in [2.45, 2.75) is 100 Å². The number of rotatable bonds is 17. The summed E-state index contributed by atoms with van der Waals surface area (Å²) in [5.41, 5.74) is 1.89. The number of anilines is 1. The maximum Gasteiger partial charge on any atom is 0.261 e. The molecule has 4 fully saturated rings. The molecule has 324 valence electrons. The summed E-state index contributed by atoms with van der Waals surface area (Å²) in [6.45, 7) is 5.94. The van der Waals surface area contributed by atoms with Crippen LogP contribution in [0.15, 0.2) is 41.2 Å². The highest BCUT2D eigenvalue weighted by molar-refractivity contribution is 7.99. The first kappa shape index (κ1) is 43.5. The molecule has 4 N–H and O–H groups in total. The van der Waals surface area contributed by atoms with Crippen molar-refractivity contribution in [3.63, 3.8) is 0 Å². The number of nitrogens with zero attached hydrogens (tertiary/aromatic N) is 3. The molecule has 0 saturated carbocycles. The lowest BCUT2D eigenvalue weighted by atomic mass is 9.89. The van der Waals surface area contributed by atoms with Crippen molar-refractivity contribution < 1.29 is 33.0 Å². The summed E-state index contributed by atoms with van der Waals surface area (Å²) in [5.74, 6) is 1.19. The van der Waals surface area contributed by atoms with Crippen LogP contribution in [0, 0.1) is 11.7 Å². The Morgan fingerprint density at radius 2 is 1.70 bits per heavy atom. The van der Waals surface area contributed by atoms with Crippen LogP contribution >= 0.6 is 11.8 Å². The van der Waals surface area contributed by atoms with Crippen LogP contribution in [0.25, 0.3) is 10.9 Å². The SMILES string of the molecule is O=C(CN1CCC(SCc2nc3cc(OCC4CCOCC4)cc(F)c3c(=O)[nH]2)CC1)NCCCCCC(=O)N1CCC(c2ccc(NC3CCC(=O)NC3=O)cc2)CC1. The van der Waals surface area contributed by atoms with Gasteiger partial charge in [0.2, 0.25) is 23.6 Å². The van der Waals surface area contributed by atoms with Crippen molar-refractivity contribution >= 4 is 52.0 Å². The minimum absolute atomic E-state index is 0.0153. The number of halogens is 1. The van der Waals surface area contributed by atoms with Gasteiger partial charge in [-0.3, -0.25) is 34.2 Å². The Morgan fingerprint density at radius 3 is 2.45 bits per heavy atom. The van der Waals surface area contributed by atoms with E-state index in [0.717, 1.165) is 89.7 Å². The van der Waals surface area contributed by atoms with Crippen molar-refractivity contribution in [1.29, 1.82) is 0 Å². The van der Waals surface area contributed by atoms with E-state index in [2.05, 4.69) is 43.0 Å². The van der Waals surface area contributed by atoms with Crippen molar-refractivity contribution in [3.8, 4) is 5.75 Å². The number of piperidine rings is 3. The molecule has 0 aliphatic carbocycles. The van der Waals surface area contributed by atoms with E-state index in [-0.39, 0.29) is 29.0 Å². The molecule has 1 atom stereocenters. The topological polar surface area (TPSA) is 175 Å². The number of hydrogen-bond donors (Lipinski definition) is 4. The van der Waals surface area contributed by atoms with E-state index in [1.165, 1.54) is 11.6 Å². The van der Waals surface area contributed by atoms with Gasteiger partial charge in [0.1, 0.15) is 28.8 Å². The summed E-state index contributed by atoms with van der Waals surface area (Å²) >= 11 is 1.72. The number of H-pyrrole nitrogens is 1. The highest BCUT2D eigenvalue weighted by Gasteiger charge is 2.28. The van der Waals surface area contributed by atoms with Crippen molar-refractivity contribution in [1.82, 2.24) is 30.4 Å². The number of benzene rings is 2. The van der Waals surface area contributed by atoms with E-state index >= 15 is 0 Å². The molecule has 1 unspecified atom stereocenters. The maximum absolute atomic E-state index is 14.9. The fourth-order valence-electron chi connectivity index (χ4n) is 8.53. The number of imide groups is 1. The average Bonchev–Trinajstić information content (AvgIpc) is 3.25. The molecule has 1 aromatic heterocycles. The number of ether oxygens (including phenoxy) is 2. The number of fused-ring (bicyclic) bond motifs is 1. The number of carbonyl (C=O) groups is 4. The summed E-state index contributed by atoms with van der Waals surface area (Å²) in [5, 5.41) is 8.94. The summed E-state index contributed by atoms with van der Waals surface area (Å²) < 4.78 is 26.2. The molecule has 3 aromatic rings. The monoisotopic (exact) mass is 847 g/mol. The number of likely N-dealkylation sites (tertiary alicyclic amines) is 2. The average molecular weight is 848 g/mol. The molecule has 60 heavy (non-hydrogen) atoms. The zero-order valence-electron chi connectivity index (χ0n) is 34.3. The number of thioether (sulfide) groups is 1. The van der Waals surface area contributed by atoms with E-state index in [0.29, 0.717) is 92.1 Å². The van der Waals surface area contributed by atoms with E-state index in [9.17, 15) is 28.4 Å². The second kappa shape index (κ2) is 21.3. The molecular formula is C44H58FN7O7S. The second-order valence-electron chi connectivity index (χ2n) is 16.6. The zero-order chi connectivity index (χ0) is 41.8. The first-order valence-corrected chi connectivity index (χ1v) is 22.7. The molecule has 4 saturated heterocycles. The maximum atomic E-state index is 14.9. The quantitative estimate of drug-likeness (QED) is 0.108. The highest BCUT2D eigenvalue weighted by atomic mass is 32.2. The van der Waals surface area contributed by atoms with E-state index in [1.807, 2.05) is 17.0 Å². The summed E-state index contributed by atoms with van der Waals surface area (Å²) in [6.07, 6.45) is 9.33. The van der Waals surface area contributed by atoms with Crippen LogP contribution in [-0.4, -0.2) is 114 Å². The number of aromatic nitrogens is 2. The third-order valence-corrected chi connectivity index (χ3v) is 13.5. The van der Waals surface area contributed by atoms with Gasteiger partial charge in [0.05, 0.1) is 24.4 Å². The number of amides is 4. The first-order valence-electron chi connectivity index (χ1n) is 21.7. The van der Waals surface area contributed by atoms with Crippen LogP contribution in [-0.2, 0) is 29.7 Å². The first-order chi connectivity index (χ1) is 29.2. The molecule has 7 rings (SSSR count). The van der Waals surface area contributed by atoms with Crippen LogP contribution in [0.1, 0.15) is 94.4 Å². The third kappa shape index (κ3) is 12.3. The number of carbonyl (C=O) groups excluding carboxylic acids is 4. The molecule has 2 aromatic carbocycles. The van der Waals surface area contributed by atoms with E-state index < -0.39 is 17.4 Å². The second-order valence-corrected chi connectivity index (χ2v) is 17.8. The van der Waals surface area contributed by atoms with Gasteiger partial charge in [0.25, 0.3) is 5.56 Å². The predicted molar refractivity (Wildman–Crippen MR) is 228 cm³/mol. The Morgan fingerprint density at radius 1 is 0.933 bits per heavy atom. The molecule has 4 aliphatic heterocycles. The molecule has 0 bridgehead atoms. The highest BCUT2D eigenvalue weighted by Crippen LogP contribution is 2.30. The van der Waals surface area contributed by atoms with Crippen molar-refractivity contribution in [3.05, 3.63) is 64.0 Å². The van der Waals surface area contributed by atoms with Gasteiger partial charge in [-0.25, -0.2) is 9.37 Å². The van der Waals surface area contributed by atoms with Crippen LogP contribution in [0.2, 0.25) is 0 Å². The molecule has 5 heterocycles. The minimum Gasteiger partial charge on any atom is -0.493 e. The normalized spacial score (nSPS) is 19.9. The van der Waals surface area contributed by atoms with Crippen molar-refractivity contribution in [2.24, 2.45) is 5.92 Å². The Bertz CT molecular complexity index is 2010. The molecule has 0 spiro atoms. The lowest BCUT2D eigenvalue weighted by molar-refractivity contribution is -0.134. The smallest absolute Gasteiger partial charge is 0.261 e. The Labute approximate surface area is 354 Å². The molecule has 16 heteroatoms. The van der Waals surface area contributed by atoms with Gasteiger partial charge in [0.15, 0.2) is 0 Å². The summed E-state index contributed by atoms with van der Waals surface area (Å²) in [4.78, 5) is 73.3. The Kier molecular flexibility index (Phi) is 15.5. The molecule has 14 nitrogen and oxygen atoms in total.